The molecule has 9 aromatic rings. The predicted molar refractivity (Wildman–Crippen MR) is 312 cm³/mol. The highest BCUT2D eigenvalue weighted by molar-refractivity contribution is 6.04. The molecule has 0 heterocycles. The molecule has 1 saturated carbocycles. The molecule has 14 rings (SSSR count). The topological polar surface area (TPSA) is 3.24 Å². The average Bonchev–Trinajstić information content (AvgIpc) is 4.22. The maximum absolute atomic E-state index is 2.64. The first-order chi connectivity index (χ1) is 36.6. The Bertz CT molecular complexity index is 3780. The van der Waals surface area contributed by atoms with Crippen molar-refractivity contribution >= 4 is 27.7 Å². The van der Waals surface area contributed by atoms with Gasteiger partial charge < -0.3 is 4.90 Å². The lowest BCUT2D eigenvalue weighted by Crippen LogP contribution is -2.30. The predicted octanol–water partition coefficient (Wildman–Crippen LogP) is 19.4. The Balaban J connectivity index is 0.987. The SMILES string of the molecule is CC1C=C(c2cccc3cccc(C4CCCCC4)c23)C(N(c2ccc(-c3ccc(-c4ccccc4)c(-c4ccccc4)c3)cc2)c2cccc3c2-c2ccccc2C3(C2=CC=C[C@H]3C=C23)c2ccccc2)=CC1. The second-order valence-corrected chi connectivity index (χ2v) is 21.3. The molecule has 0 bridgehead atoms. The molecule has 1 nitrogen and oxygen atoms in total. The lowest BCUT2D eigenvalue weighted by atomic mass is 9.65. The normalized spacial score (nSPS) is 19.6. The Hall–Kier alpha value is -8.26. The van der Waals surface area contributed by atoms with Gasteiger partial charge in [-0.3, -0.25) is 0 Å². The van der Waals surface area contributed by atoms with Crippen LogP contribution in [0.4, 0.5) is 11.4 Å². The van der Waals surface area contributed by atoms with E-state index in [9.17, 15) is 0 Å². The lowest BCUT2D eigenvalue weighted by Gasteiger charge is -2.37. The van der Waals surface area contributed by atoms with E-state index in [1.54, 1.807) is 0 Å². The van der Waals surface area contributed by atoms with Crippen LogP contribution in [0.5, 0.6) is 0 Å². The molecule has 0 radical (unpaired) electrons. The number of allylic oxidation sites excluding steroid dienone is 9. The average molecular weight is 950 g/mol. The maximum Gasteiger partial charge on any atom is 0.0717 e. The number of fused-ring (bicyclic) bond motifs is 5. The van der Waals surface area contributed by atoms with Crippen LogP contribution in [0.1, 0.15) is 79.2 Å². The van der Waals surface area contributed by atoms with Crippen molar-refractivity contribution in [3.63, 3.8) is 0 Å². The fraction of sp³-hybridized carbons (Fsp3) is 0.151. The molecular weight excluding hydrogens is 891 g/mol. The standard InChI is InChI=1S/C73H59N/c1-49-38-45-69(65(46-49)61-33-17-27-54-26-16-32-60(71(54)61)52-22-8-3-9-23-52)74(58-42-39-50(40-43-58)55-41-44-59(51-20-6-2-7-21-51)63(47-55)53-24-10-4-11-25-53)70-37-19-36-68-72(70)62-31-14-15-34-66(62)73(68,57-29-12-5-13-30-57)67-35-18-28-56-48-64(56)67/h2,4-7,10-21,24-37,39-49,52,56H,3,8-9,22-23,38H2,1H3/t49?,56-,73?/m0/s1. The van der Waals surface area contributed by atoms with Gasteiger partial charge in [-0.05, 0) is 144 Å². The van der Waals surface area contributed by atoms with E-state index >= 15 is 0 Å². The number of anilines is 2. The quantitative estimate of drug-likeness (QED) is 0.132. The van der Waals surface area contributed by atoms with Gasteiger partial charge in [0, 0.05) is 28.4 Å². The summed E-state index contributed by atoms with van der Waals surface area (Å²) < 4.78 is 0. The Morgan fingerprint density at radius 1 is 0.514 bits per heavy atom. The first-order valence-corrected chi connectivity index (χ1v) is 27.1. The van der Waals surface area contributed by atoms with Crippen molar-refractivity contribution < 1.29 is 0 Å². The van der Waals surface area contributed by atoms with Gasteiger partial charge in [-0.25, -0.2) is 0 Å². The molecule has 2 unspecified atom stereocenters. The zero-order chi connectivity index (χ0) is 49.2. The minimum atomic E-state index is -0.495. The summed E-state index contributed by atoms with van der Waals surface area (Å²) >= 11 is 0. The molecule has 5 aliphatic rings. The van der Waals surface area contributed by atoms with Crippen molar-refractivity contribution in [1.29, 1.82) is 0 Å². The molecule has 356 valence electrons. The highest BCUT2D eigenvalue weighted by Gasteiger charge is 2.52. The summed E-state index contributed by atoms with van der Waals surface area (Å²) in [5.41, 5.74) is 24.0. The van der Waals surface area contributed by atoms with E-state index in [4.69, 9.17) is 0 Å². The second kappa shape index (κ2) is 18.3. The minimum absolute atomic E-state index is 0.381. The third-order valence-corrected chi connectivity index (χ3v) is 17.0. The molecule has 9 aromatic carbocycles. The van der Waals surface area contributed by atoms with Gasteiger partial charge in [0.2, 0.25) is 0 Å². The summed E-state index contributed by atoms with van der Waals surface area (Å²) in [6.45, 7) is 2.39. The summed E-state index contributed by atoms with van der Waals surface area (Å²) in [6, 6.07) is 80.1. The van der Waals surface area contributed by atoms with Gasteiger partial charge in [0.25, 0.3) is 0 Å². The number of rotatable bonds is 10. The van der Waals surface area contributed by atoms with E-state index in [1.165, 1.54) is 143 Å². The van der Waals surface area contributed by atoms with Gasteiger partial charge in [0.05, 0.1) is 11.1 Å². The van der Waals surface area contributed by atoms with Gasteiger partial charge in [-0.1, -0.05) is 251 Å². The van der Waals surface area contributed by atoms with E-state index in [0.29, 0.717) is 17.8 Å². The summed E-state index contributed by atoms with van der Waals surface area (Å²) in [7, 11) is 0. The molecule has 74 heavy (non-hydrogen) atoms. The Morgan fingerprint density at radius 2 is 1.18 bits per heavy atom. The highest BCUT2D eigenvalue weighted by Crippen LogP contribution is 2.63. The van der Waals surface area contributed by atoms with E-state index in [0.717, 1.165) is 12.1 Å². The molecular formula is C73H59N. The van der Waals surface area contributed by atoms with Gasteiger partial charge in [0.15, 0.2) is 0 Å². The van der Waals surface area contributed by atoms with Gasteiger partial charge >= 0.3 is 0 Å². The van der Waals surface area contributed by atoms with E-state index in [2.05, 4.69) is 261 Å². The minimum Gasteiger partial charge on any atom is -0.310 e. The van der Waals surface area contributed by atoms with Crippen LogP contribution in [-0.4, -0.2) is 0 Å². The number of hydrogen-bond acceptors (Lipinski definition) is 1. The summed E-state index contributed by atoms with van der Waals surface area (Å²) in [5.74, 6) is 1.34. The first kappa shape index (κ1) is 44.4. The fourth-order valence-corrected chi connectivity index (χ4v) is 13.5. The van der Waals surface area contributed by atoms with Crippen LogP contribution in [0, 0.1) is 11.8 Å². The van der Waals surface area contributed by atoms with E-state index < -0.39 is 5.41 Å². The first-order valence-electron chi connectivity index (χ1n) is 27.1. The van der Waals surface area contributed by atoms with E-state index in [1.807, 2.05) is 0 Å². The lowest BCUT2D eigenvalue weighted by molar-refractivity contribution is 0.445. The van der Waals surface area contributed by atoms with Crippen molar-refractivity contribution in [3.05, 3.63) is 293 Å². The monoisotopic (exact) mass is 949 g/mol. The third kappa shape index (κ3) is 7.35. The van der Waals surface area contributed by atoms with Crippen LogP contribution >= 0.6 is 0 Å². The van der Waals surface area contributed by atoms with Crippen molar-refractivity contribution in [2.75, 3.05) is 4.90 Å². The van der Waals surface area contributed by atoms with Crippen LogP contribution in [0.2, 0.25) is 0 Å². The van der Waals surface area contributed by atoms with Crippen LogP contribution in [0.3, 0.4) is 0 Å². The van der Waals surface area contributed by atoms with Gasteiger partial charge in [-0.15, -0.1) is 0 Å². The van der Waals surface area contributed by atoms with Crippen molar-refractivity contribution in [1.82, 2.24) is 0 Å². The summed E-state index contributed by atoms with van der Waals surface area (Å²) in [6.07, 6.45) is 22.1. The molecule has 0 spiro atoms. The van der Waals surface area contributed by atoms with Crippen molar-refractivity contribution in [2.45, 2.75) is 56.8 Å². The Morgan fingerprint density at radius 3 is 1.96 bits per heavy atom. The molecule has 5 aliphatic carbocycles. The third-order valence-electron chi connectivity index (χ3n) is 17.0. The molecule has 1 fully saturated rings. The second-order valence-electron chi connectivity index (χ2n) is 21.3. The largest absolute Gasteiger partial charge is 0.310 e. The number of nitrogens with zero attached hydrogens (tertiary/aromatic N) is 1. The molecule has 0 aromatic heterocycles. The fourth-order valence-electron chi connectivity index (χ4n) is 13.5. The Kier molecular flexibility index (Phi) is 11.0. The van der Waals surface area contributed by atoms with Crippen LogP contribution in [0.25, 0.3) is 60.9 Å². The molecule has 0 amide bonds. The highest BCUT2D eigenvalue weighted by atomic mass is 15.2. The van der Waals surface area contributed by atoms with Crippen LogP contribution < -0.4 is 4.90 Å². The molecule has 3 atom stereocenters. The van der Waals surface area contributed by atoms with Crippen LogP contribution in [-0.2, 0) is 5.41 Å². The molecule has 0 saturated heterocycles. The molecule has 1 heteroatoms. The summed E-state index contributed by atoms with van der Waals surface area (Å²) in [5, 5.41) is 2.76. The van der Waals surface area contributed by atoms with Gasteiger partial charge in [0.1, 0.15) is 0 Å². The van der Waals surface area contributed by atoms with Crippen molar-refractivity contribution in [3.8, 4) is 44.5 Å². The zero-order valence-electron chi connectivity index (χ0n) is 42.1. The zero-order valence-corrected chi connectivity index (χ0v) is 42.1. The molecule has 0 aliphatic heterocycles. The smallest absolute Gasteiger partial charge is 0.0717 e. The maximum atomic E-state index is 2.64. The van der Waals surface area contributed by atoms with Gasteiger partial charge in [-0.2, -0.15) is 0 Å². The van der Waals surface area contributed by atoms with Crippen molar-refractivity contribution in [2.24, 2.45) is 11.8 Å². The number of hydrogen-bond donors (Lipinski definition) is 0. The van der Waals surface area contributed by atoms with E-state index in [-0.39, 0.29) is 0 Å². The van der Waals surface area contributed by atoms with Crippen LogP contribution in [0.15, 0.2) is 266 Å². The number of benzene rings is 9. The molecule has 0 N–H and O–H groups in total. The Labute approximate surface area is 436 Å². The summed E-state index contributed by atoms with van der Waals surface area (Å²) in [4.78, 5) is 2.64.